The van der Waals surface area contributed by atoms with Crippen molar-refractivity contribution in [3.63, 3.8) is 0 Å². The van der Waals surface area contributed by atoms with E-state index < -0.39 is 0 Å². The molecule has 4 heteroatoms. The van der Waals surface area contributed by atoms with E-state index in [0.717, 1.165) is 36.5 Å². The van der Waals surface area contributed by atoms with Crippen molar-refractivity contribution < 1.29 is 0 Å². The fourth-order valence-corrected chi connectivity index (χ4v) is 3.05. The van der Waals surface area contributed by atoms with Crippen molar-refractivity contribution in [3.8, 4) is 0 Å². The van der Waals surface area contributed by atoms with Crippen molar-refractivity contribution in [1.29, 1.82) is 0 Å². The highest BCUT2D eigenvalue weighted by Crippen LogP contribution is 2.28. The summed E-state index contributed by atoms with van der Waals surface area (Å²) in [6.45, 7) is 6.18. The van der Waals surface area contributed by atoms with Crippen LogP contribution >= 0.6 is 15.9 Å². The number of nitrogens with zero attached hydrogens (tertiary/aromatic N) is 3. The van der Waals surface area contributed by atoms with Crippen LogP contribution in [-0.4, -0.2) is 31.2 Å². The maximum absolute atomic E-state index is 4.52. The maximum Gasteiger partial charge on any atom is 0.143 e. The first-order valence-electron chi connectivity index (χ1n) is 6.92. The topological polar surface area (TPSA) is 19.4 Å². The van der Waals surface area contributed by atoms with Crippen molar-refractivity contribution >= 4 is 27.4 Å². The van der Waals surface area contributed by atoms with E-state index in [2.05, 4.69) is 68.0 Å². The predicted molar refractivity (Wildman–Crippen MR) is 87.5 cm³/mol. The predicted octanol–water partition coefficient (Wildman–Crippen LogP) is 3.48. The van der Waals surface area contributed by atoms with Gasteiger partial charge in [0.2, 0.25) is 0 Å². The Bertz CT molecular complexity index is 578. The minimum atomic E-state index is 1.00. The summed E-state index contributed by atoms with van der Waals surface area (Å²) in [5, 5.41) is 0. The number of aryl methyl sites for hydroxylation is 1. The van der Waals surface area contributed by atoms with E-state index in [9.17, 15) is 0 Å². The quantitative estimate of drug-likeness (QED) is 0.839. The molecule has 0 N–H and O–H groups in total. The Hall–Kier alpha value is -1.55. The van der Waals surface area contributed by atoms with E-state index in [1.807, 2.05) is 12.3 Å². The molecule has 0 aliphatic carbocycles. The lowest BCUT2D eigenvalue weighted by molar-refractivity contribution is 0.646. The molecule has 0 bridgehead atoms. The molecular weight excluding hydrogens is 314 g/mol. The highest BCUT2D eigenvalue weighted by Gasteiger charge is 2.20. The highest BCUT2D eigenvalue weighted by atomic mass is 79.9. The Labute approximate surface area is 128 Å². The fourth-order valence-electron chi connectivity index (χ4n) is 2.56. The Kier molecular flexibility index (Phi) is 3.92. The molecule has 1 aliphatic heterocycles. The summed E-state index contributed by atoms with van der Waals surface area (Å²) in [6.07, 6.45) is 1.89. The number of hydrogen-bond acceptors (Lipinski definition) is 3. The largest absolute Gasteiger partial charge is 0.368 e. The average Bonchev–Trinajstić information content (AvgIpc) is 2.51. The van der Waals surface area contributed by atoms with Gasteiger partial charge in [0.05, 0.1) is 4.47 Å². The van der Waals surface area contributed by atoms with Crippen LogP contribution in [0, 0.1) is 6.92 Å². The molecule has 1 aromatic heterocycles. The second-order valence-electron chi connectivity index (χ2n) is 5.08. The summed E-state index contributed by atoms with van der Waals surface area (Å²) in [7, 11) is 0. The van der Waals surface area contributed by atoms with Gasteiger partial charge in [-0.25, -0.2) is 4.98 Å². The molecule has 0 unspecified atom stereocenters. The zero-order valence-electron chi connectivity index (χ0n) is 11.6. The molecule has 0 radical (unpaired) electrons. The maximum atomic E-state index is 4.52. The first-order valence-corrected chi connectivity index (χ1v) is 7.71. The van der Waals surface area contributed by atoms with Crippen LogP contribution in [0.2, 0.25) is 0 Å². The number of rotatable bonds is 2. The summed E-state index contributed by atoms with van der Waals surface area (Å²) in [6, 6.07) is 12.6. The molecule has 1 saturated heterocycles. The number of hydrogen-bond donors (Lipinski definition) is 0. The van der Waals surface area contributed by atoms with Gasteiger partial charge >= 0.3 is 0 Å². The molecule has 3 nitrogen and oxygen atoms in total. The second-order valence-corrected chi connectivity index (χ2v) is 5.87. The van der Waals surface area contributed by atoms with Gasteiger partial charge in [0.15, 0.2) is 0 Å². The summed E-state index contributed by atoms with van der Waals surface area (Å²) in [4.78, 5) is 9.31. The lowest BCUT2D eigenvalue weighted by atomic mass is 10.2. The summed E-state index contributed by atoms with van der Waals surface area (Å²) in [5.74, 6) is 1.07. The molecule has 0 saturated carbocycles. The van der Waals surface area contributed by atoms with Gasteiger partial charge in [-0.05, 0) is 46.6 Å². The van der Waals surface area contributed by atoms with Crippen LogP contribution in [-0.2, 0) is 0 Å². The van der Waals surface area contributed by atoms with Crippen LogP contribution in [0.25, 0.3) is 0 Å². The number of para-hydroxylation sites is 1. The highest BCUT2D eigenvalue weighted by molar-refractivity contribution is 9.10. The number of piperazine rings is 1. The summed E-state index contributed by atoms with van der Waals surface area (Å²) in [5.41, 5.74) is 2.55. The third kappa shape index (κ3) is 2.66. The molecule has 0 amide bonds. The average molecular weight is 332 g/mol. The molecule has 0 spiro atoms. The molecule has 2 heterocycles. The molecule has 0 atom stereocenters. The molecular formula is C16H18BrN3. The lowest BCUT2D eigenvalue weighted by Crippen LogP contribution is -2.47. The summed E-state index contributed by atoms with van der Waals surface area (Å²) < 4.78 is 1.12. The minimum Gasteiger partial charge on any atom is -0.368 e. The Morgan fingerprint density at radius 2 is 1.60 bits per heavy atom. The van der Waals surface area contributed by atoms with Gasteiger partial charge in [-0.3, -0.25) is 0 Å². The number of benzene rings is 1. The van der Waals surface area contributed by atoms with Crippen LogP contribution in [0.15, 0.2) is 47.1 Å². The van der Waals surface area contributed by atoms with Gasteiger partial charge in [0, 0.05) is 38.1 Å². The normalized spacial score (nSPS) is 15.5. The van der Waals surface area contributed by atoms with Crippen LogP contribution < -0.4 is 9.80 Å². The van der Waals surface area contributed by atoms with Gasteiger partial charge in [-0.15, -0.1) is 0 Å². The Balaban J connectivity index is 1.71. The van der Waals surface area contributed by atoms with Crippen molar-refractivity contribution in [2.45, 2.75) is 6.92 Å². The minimum absolute atomic E-state index is 1.00. The van der Waals surface area contributed by atoms with Gasteiger partial charge in [-0.1, -0.05) is 18.2 Å². The Morgan fingerprint density at radius 3 is 2.30 bits per heavy atom. The number of anilines is 2. The van der Waals surface area contributed by atoms with E-state index in [1.54, 1.807) is 0 Å². The lowest BCUT2D eigenvalue weighted by Gasteiger charge is -2.37. The monoisotopic (exact) mass is 331 g/mol. The molecule has 1 aromatic carbocycles. The van der Waals surface area contributed by atoms with Crippen molar-refractivity contribution in [2.24, 2.45) is 0 Å². The van der Waals surface area contributed by atoms with Crippen LogP contribution in [0.1, 0.15) is 5.56 Å². The van der Waals surface area contributed by atoms with E-state index in [0.29, 0.717) is 0 Å². The number of pyridine rings is 1. The van der Waals surface area contributed by atoms with Gasteiger partial charge in [0.25, 0.3) is 0 Å². The molecule has 3 rings (SSSR count). The smallest absolute Gasteiger partial charge is 0.143 e. The zero-order valence-corrected chi connectivity index (χ0v) is 13.2. The van der Waals surface area contributed by atoms with Gasteiger partial charge in [0.1, 0.15) is 5.82 Å². The van der Waals surface area contributed by atoms with Crippen molar-refractivity contribution in [1.82, 2.24) is 4.98 Å². The third-order valence-corrected chi connectivity index (χ3v) is 4.74. The van der Waals surface area contributed by atoms with Crippen LogP contribution in [0.3, 0.4) is 0 Å². The molecule has 2 aromatic rings. The molecule has 1 fully saturated rings. The van der Waals surface area contributed by atoms with Gasteiger partial charge < -0.3 is 9.80 Å². The van der Waals surface area contributed by atoms with E-state index in [4.69, 9.17) is 0 Å². The SMILES string of the molecule is Cc1ccnc(N2CCN(c3ccccc3)CC2)c1Br. The van der Waals surface area contributed by atoms with E-state index >= 15 is 0 Å². The molecule has 20 heavy (non-hydrogen) atoms. The first kappa shape index (κ1) is 13.4. The van der Waals surface area contributed by atoms with Crippen molar-refractivity contribution in [3.05, 3.63) is 52.6 Å². The Morgan fingerprint density at radius 1 is 0.950 bits per heavy atom. The van der Waals surface area contributed by atoms with E-state index in [-0.39, 0.29) is 0 Å². The van der Waals surface area contributed by atoms with Crippen molar-refractivity contribution in [2.75, 3.05) is 36.0 Å². The van der Waals surface area contributed by atoms with Crippen LogP contribution in [0.5, 0.6) is 0 Å². The summed E-state index contributed by atoms with van der Waals surface area (Å²) >= 11 is 3.66. The number of halogens is 1. The van der Waals surface area contributed by atoms with E-state index in [1.165, 1.54) is 11.3 Å². The standard InChI is InChI=1S/C16H18BrN3/c1-13-7-8-18-16(15(13)17)20-11-9-19(10-12-20)14-5-3-2-4-6-14/h2-8H,9-12H2,1H3. The molecule has 104 valence electrons. The zero-order chi connectivity index (χ0) is 13.9. The first-order chi connectivity index (χ1) is 9.75. The second kappa shape index (κ2) is 5.83. The van der Waals surface area contributed by atoms with Gasteiger partial charge in [-0.2, -0.15) is 0 Å². The van der Waals surface area contributed by atoms with Crippen LogP contribution in [0.4, 0.5) is 11.5 Å². The molecule has 1 aliphatic rings. The third-order valence-electron chi connectivity index (χ3n) is 3.76. The fraction of sp³-hybridized carbons (Fsp3) is 0.312. The number of aromatic nitrogens is 1.